The van der Waals surface area contributed by atoms with E-state index in [2.05, 4.69) is 5.32 Å². The van der Waals surface area contributed by atoms with Crippen molar-refractivity contribution in [2.45, 2.75) is 63.5 Å². The van der Waals surface area contributed by atoms with Crippen LogP contribution in [0.15, 0.2) is 18.2 Å². The number of phenols is 1. The van der Waals surface area contributed by atoms with E-state index in [0.29, 0.717) is 12.0 Å². The van der Waals surface area contributed by atoms with Crippen molar-refractivity contribution in [2.75, 3.05) is 0 Å². The van der Waals surface area contributed by atoms with Crippen LogP contribution in [0.1, 0.15) is 42.6 Å². The minimum absolute atomic E-state index is 0.0938. The van der Waals surface area contributed by atoms with Gasteiger partial charge in [-0.1, -0.05) is 26.0 Å². The van der Waals surface area contributed by atoms with Crippen LogP contribution in [0.5, 0.6) is 5.75 Å². The summed E-state index contributed by atoms with van der Waals surface area (Å²) in [5, 5.41) is 32.7. The van der Waals surface area contributed by atoms with Crippen LogP contribution in [0.3, 0.4) is 0 Å². The third-order valence-electron chi connectivity index (χ3n) is 4.98. The number of cyclic esters (lactones) is 1. The van der Waals surface area contributed by atoms with Gasteiger partial charge >= 0.3 is 5.97 Å². The lowest BCUT2D eigenvalue weighted by molar-refractivity contribution is -0.138. The van der Waals surface area contributed by atoms with Crippen LogP contribution in [0.4, 0.5) is 0 Å². The molecule has 0 spiro atoms. The van der Waals surface area contributed by atoms with Crippen molar-refractivity contribution in [3.63, 3.8) is 0 Å². The molecule has 30 heavy (non-hydrogen) atoms. The van der Waals surface area contributed by atoms with Crippen LogP contribution in [0.25, 0.3) is 0 Å². The average Bonchev–Trinajstić information content (AvgIpc) is 2.65. The first-order valence-corrected chi connectivity index (χ1v) is 9.73. The zero-order chi connectivity index (χ0) is 22.6. The van der Waals surface area contributed by atoms with Crippen molar-refractivity contribution in [2.24, 2.45) is 17.4 Å². The molecule has 10 heteroatoms. The highest BCUT2D eigenvalue weighted by Gasteiger charge is 2.37. The number of carbonyl (C=O) groups is 3. The lowest BCUT2D eigenvalue weighted by Gasteiger charge is -2.34. The van der Waals surface area contributed by atoms with Crippen molar-refractivity contribution < 1.29 is 34.4 Å². The van der Waals surface area contributed by atoms with Gasteiger partial charge in [0.1, 0.15) is 23.5 Å². The van der Waals surface area contributed by atoms with Crippen LogP contribution < -0.4 is 16.8 Å². The number of nitrogens with two attached hydrogens (primary N) is 2. The normalized spacial score (nSPS) is 19.9. The topological polar surface area (TPSA) is 185 Å². The molecule has 0 unspecified atom stereocenters. The van der Waals surface area contributed by atoms with Crippen LogP contribution in [-0.4, -0.2) is 63.5 Å². The molecular formula is C20H29N3O7. The summed E-state index contributed by atoms with van der Waals surface area (Å²) in [6.07, 6.45) is -4.06. The van der Waals surface area contributed by atoms with Gasteiger partial charge in [0.15, 0.2) is 6.10 Å². The molecule has 1 aromatic carbocycles. The Bertz CT molecular complexity index is 799. The molecule has 1 aromatic rings. The number of benzene rings is 1. The van der Waals surface area contributed by atoms with Gasteiger partial charge in [-0.15, -0.1) is 0 Å². The molecule has 2 rings (SSSR count). The van der Waals surface area contributed by atoms with Crippen molar-refractivity contribution in [1.82, 2.24) is 5.32 Å². The molecule has 8 N–H and O–H groups in total. The predicted octanol–water partition coefficient (Wildman–Crippen LogP) is -1.07. The fraction of sp³-hybridized carbons (Fsp3) is 0.550. The molecule has 0 saturated carbocycles. The molecule has 0 aliphatic carbocycles. The summed E-state index contributed by atoms with van der Waals surface area (Å²) in [7, 11) is 0. The third kappa shape index (κ3) is 5.68. The van der Waals surface area contributed by atoms with E-state index in [4.69, 9.17) is 16.2 Å². The zero-order valence-electron chi connectivity index (χ0n) is 16.9. The van der Waals surface area contributed by atoms with E-state index in [1.165, 1.54) is 6.07 Å². The van der Waals surface area contributed by atoms with Crippen LogP contribution >= 0.6 is 0 Å². The van der Waals surface area contributed by atoms with Crippen molar-refractivity contribution in [3.05, 3.63) is 29.3 Å². The second-order valence-electron chi connectivity index (χ2n) is 7.97. The van der Waals surface area contributed by atoms with E-state index in [9.17, 15) is 29.7 Å². The summed E-state index contributed by atoms with van der Waals surface area (Å²) in [5.41, 5.74) is 11.3. The summed E-state index contributed by atoms with van der Waals surface area (Å²) < 4.78 is 5.45. The smallest absolute Gasteiger partial charge is 0.342 e. The number of aromatic hydroxyl groups is 1. The Morgan fingerprint density at radius 3 is 2.57 bits per heavy atom. The SMILES string of the molecule is CC(C)C[C@H](NC(=O)[C@H](O)[C@H](O)[C@H](N)CC(N)=O)[C@H]1Cc2cccc(O)c2C(=O)O1. The Morgan fingerprint density at radius 2 is 1.97 bits per heavy atom. The van der Waals surface area contributed by atoms with Crippen LogP contribution in [0.2, 0.25) is 0 Å². The van der Waals surface area contributed by atoms with E-state index in [1.54, 1.807) is 12.1 Å². The maximum Gasteiger partial charge on any atom is 0.342 e. The molecule has 2 amide bonds. The summed E-state index contributed by atoms with van der Waals surface area (Å²) in [6, 6.07) is 2.82. The zero-order valence-corrected chi connectivity index (χ0v) is 16.9. The average molecular weight is 423 g/mol. The summed E-state index contributed by atoms with van der Waals surface area (Å²) in [6.45, 7) is 3.83. The fourth-order valence-electron chi connectivity index (χ4n) is 3.49. The molecule has 0 saturated heterocycles. The second kappa shape index (κ2) is 9.88. The number of fused-ring (bicyclic) bond motifs is 1. The second-order valence-corrected chi connectivity index (χ2v) is 7.97. The summed E-state index contributed by atoms with van der Waals surface area (Å²) in [4.78, 5) is 35.8. The Balaban J connectivity index is 2.15. The number of phenolic OH excluding ortho intramolecular Hbond substituents is 1. The summed E-state index contributed by atoms with van der Waals surface area (Å²) >= 11 is 0. The van der Waals surface area contributed by atoms with E-state index in [-0.39, 0.29) is 23.7 Å². The first-order chi connectivity index (χ1) is 14.0. The minimum atomic E-state index is -1.90. The number of rotatable bonds is 9. The lowest BCUT2D eigenvalue weighted by Crippen LogP contribution is -2.56. The highest BCUT2D eigenvalue weighted by atomic mass is 16.5. The largest absolute Gasteiger partial charge is 0.507 e. The molecule has 0 radical (unpaired) electrons. The number of amides is 2. The van der Waals surface area contributed by atoms with Crippen molar-refractivity contribution in [3.8, 4) is 5.75 Å². The molecule has 5 atom stereocenters. The van der Waals surface area contributed by atoms with Crippen LogP contribution in [-0.2, 0) is 20.7 Å². The van der Waals surface area contributed by atoms with Crippen molar-refractivity contribution >= 4 is 17.8 Å². The van der Waals surface area contributed by atoms with E-state index >= 15 is 0 Å². The van der Waals surface area contributed by atoms with Gasteiger partial charge in [-0.05, 0) is 24.0 Å². The van der Waals surface area contributed by atoms with Gasteiger partial charge in [-0.3, -0.25) is 9.59 Å². The number of hydrogen-bond donors (Lipinski definition) is 6. The van der Waals surface area contributed by atoms with Gasteiger partial charge in [0.25, 0.3) is 5.91 Å². The number of primary amides is 1. The van der Waals surface area contributed by atoms with E-state index in [1.807, 2.05) is 13.8 Å². The van der Waals surface area contributed by atoms with Gasteiger partial charge in [-0.25, -0.2) is 4.79 Å². The number of carbonyl (C=O) groups excluding carboxylic acids is 3. The molecule has 1 heterocycles. The van der Waals surface area contributed by atoms with E-state index < -0.39 is 54.6 Å². The Kier molecular flexibility index (Phi) is 7.77. The van der Waals surface area contributed by atoms with Gasteiger partial charge < -0.3 is 36.8 Å². The Hall–Kier alpha value is -2.69. The van der Waals surface area contributed by atoms with Gasteiger partial charge in [0, 0.05) is 18.9 Å². The number of esters is 1. The molecule has 0 fully saturated rings. The quantitative estimate of drug-likeness (QED) is 0.271. The highest BCUT2D eigenvalue weighted by molar-refractivity contribution is 5.95. The van der Waals surface area contributed by atoms with Gasteiger partial charge in [-0.2, -0.15) is 0 Å². The van der Waals surface area contributed by atoms with Crippen LogP contribution in [0, 0.1) is 5.92 Å². The molecule has 1 aliphatic heterocycles. The highest BCUT2D eigenvalue weighted by Crippen LogP contribution is 2.30. The van der Waals surface area contributed by atoms with Gasteiger partial charge in [0.05, 0.1) is 6.04 Å². The van der Waals surface area contributed by atoms with Gasteiger partial charge in [0.2, 0.25) is 5.91 Å². The molecule has 1 aliphatic rings. The van der Waals surface area contributed by atoms with Crippen molar-refractivity contribution in [1.29, 1.82) is 0 Å². The van der Waals surface area contributed by atoms with E-state index in [0.717, 1.165) is 0 Å². The Morgan fingerprint density at radius 1 is 1.30 bits per heavy atom. The molecule has 0 aromatic heterocycles. The number of aliphatic hydroxyl groups excluding tert-OH is 2. The maximum atomic E-state index is 12.5. The molecular weight excluding hydrogens is 394 g/mol. The monoisotopic (exact) mass is 423 g/mol. The predicted molar refractivity (Wildman–Crippen MR) is 106 cm³/mol. The Labute approximate surface area is 174 Å². The third-order valence-corrected chi connectivity index (χ3v) is 4.98. The number of ether oxygens (including phenoxy) is 1. The minimum Gasteiger partial charge on any atom is -0.507 e. The first-order valence-electron chi connectivity index (χ1n) is 9.73. The lowest BCUT2D eigenvalue weighted by atomic mass is 9.90. The summed E-state index contributed by atoms with van der Waals surface area (Å²) in [5.74, 6) is -2.46. The fourth-order valence-corrected chi connectivity index (χ4v) is 3.49. The standard InChI is InChI=1S/C20H29N3O7/c1-9(2)6-12(23-19(28)18(27)17(26)11(21)8-15(22)25)14-7-10-4-3-5-13(24)16(10)20(29)30-14/h3-5,9,11-12,14,17-18,24,26-27H,6-8,21H2,1-2H3,(H2,22,25)(H,23,28)/t11-,12+,14-,17-,18-/m1/s1. The molecule has 10 nitrogen and oxygen atoms in total. The molecule has 166 valence electrons. The number of aliphatic hydroxyl groups is 2. The number of hydrogen-bond acceptors (Lipinski definition) is 8. The molecule has 0 bridgehead atoms. The maximum absolute atomic E-state index is 12.5. The number of nitrogens with one attached hydrogen (secondary N) is 1. The first kappa shape index (κ1) is 23.6.